The molecule has 0 radical (unpaired) electrons. The summed E-state index contributed by atoms with van der Waals surface area (Å²) in [4.78, 5) is 15.5. The number of hydrogen-bond acceptors (Lipinski definition) is 4. The first kappa shape index (κ1) is 21.3. The molecule has 2 aromatic carbocycles. The summed E-state index contributed by atoms with van der Waals surface area (Å²) in [6.45, 7) is 5.42. The van der Waals surface area contributed by atoms with Crippen molar-refractivity contribution in [3.8, 4) is 12.1 Å². The zero-order chi connectivity index (χ0) is 22.6. The van der Waals surface area contributed by atoms with Crippen LogP contribution in [0.1, 0.15) is 49.4 Å². The molecule has 0 aliphatic carbocycles. The lowest BCUT2D eigenvalue weighted by Crippen LogP contribution is -2.43. The van der Waals surface area contributed by atoms with Crippen LogP contribution < -0.4 is 0 Å². The Balaban J connectivity index is 2.05. The first-order valence-electron chi connectivity index (χ1n) is 10.0. The molecule has 2 aliphatic rings. The van der Waals surface area contributed by atoms with E-state index in [1.54, 1.807) is 44.0 Å². The molecule has 1 fully saturated rings. The Bertz CT molecular complexity index is 1170. The molecule has 0 bridgehead atoms. The van der Waals surface area contributed by atoms with Crippen LogP contribution in [-0.4, -0.2) is 16.7 Å². The van der Waals surface area contributed by atoms with Gasteiger partial charge in [-0.2, -0.15) is 10.5 Å². The standard InChI is InChI=1S/C25H21BrFN3O/c1-24(2,3)23(31)21-20(18-9-8-16(26)12-19(18)27)25(13-28,14-29)22-17-7-5-4-6-15(17)10-11-30(21)22/h4-12,20-22H,1-3H3/t20-,21+,22+/m1/s1. The van der Waals surface area contributed by atoms with E-state index in [1.807, 2.05) is 30.3 Å². The van der Waals surface area contributed by atoms with Crippen molar-refractivity contribution in [1.82, 2.24) is 4.90 Å². The van der Waals surface area contributed by atoms with Gasteiger partial charge in [0.25, 0.3) is 0 Å². The molecule has 4 rings (SSSR count). The summed E-state index contributed by atoms with van der Waals surface area (Å²) in [6.07, 6.45) is 3.66. The Morgan fingerprint density at radius 3 is 2.42 bits per heavy atom. The summed E-state index contributed by atoms with van der Waals surface area (Å²) < 4.78 is 15.8. The van der Waals surface area contributed by atoms with Crippen molar-refractivity contribution in [2.75, 3.05) is 0 Å². The van der Waals surface area contributed by atoms with Gasteiger partial charge in [0.1, 0.15) is 5.82 Å². The molecule has 3 atom stereocenters. The highest BCUT2D eigenvalue weighted by Crippen LogP contribution is 2.60. The van der Waals surface area contributed by atoms with Crippen LogP contribution in [-0.2, 0) is 4.79 Å². The van der Waals surface area contributed by atoms with Crippen LogP contribution in [0.3, 0.4) is 0 Å². The normalized spacial score (nSPS) is 23.5. The molecule has 31 heavy (non-hydrogen) atoms. The molecule has 0 N–H and O–H groups in total. The van der Waals surface area contributed by atoms with E-state index in [4.69, 9.17) is 0 Å². The highest BCUT2D eigenvalue weighted by molar-refractivity contribution is 9.10. The average molecular weight is 478 g/mol. The van der Waals surface area contributed by atoms with Crippen LogP contribution in [0.15, 0.2) is 53.1 Å². The number of ketones is 1. The number of nitrogens with zero attached hydrogens (tertiary/aromatic N) is 3. The van der Waals surface area contributed by atoms with E-state index in [2.05, 4.69) is 28.1 Å². The highest BCUT2D eigenvalue weighted by Gasteiger charge is 2.65. The van der Waals surface area contributed by atoms with Gasteiger partial charge in [-0.1, -0.05) is 67.0 Å². The second-order valence-electron chi connectivity index (χ2n) is 9.09. The number of benzene rings is 2. The van der Waals surface area contributed by atoms with E-state index >= 15 is 4.39 Å². The van der Waals surface area contributed by atoms with Gasteiger partial charge in [0.2, 0.25) is 0 Å². The van der Waals surface area contributed by atoms with Crippen LogP contribution in [0, 0.1) is 39.3 Å². The maximum absolute atomic E-state index is 15.2. The van der Waals surface area contributed by atoms with Crippen molar-refractivity contribution in [2.24, 2.45) is 10.8 Å². The Labute approximate surface area is 189 Å². The second-order valence-corrected chi connectivity index (χ2v) is 10.0. The molecule has 1 saturated heterocycles. The van der Waals surface area contributed by atoms with Crippen LogP contribution in [0.2, 0.25) is 0 Å². The minimum absolute atomic E-state index is 0.138. The number of carbonyl (C=O) groups is 1. The molecule has 0 amide bonds. The lowest BCUT2D eigenvalue weighted by molar-refractivity contribution is -0.130. The number of halogens is 2. The number of hydrogen-bond donors (Lipinski definition) is 0. The zero-order valence-electron chi connectivity index (χ0n) is 17.4. The molecule has 0 saturated carbocycles. The second kappa shape index (κ2) is 7.32. The summed E-state index contributed by atoms with van der Waals surface area (Å²) in [6, 6.07) is 15.0. The fourth-order valence-corrected chi connectivity index (χ4v) is 5.17. The van der Waals surface area contributed by atoms with E-state index in [0.29, 0.717) is 4.47 Å². The quantitative estimate of drug-likeness (QED) is 0.553. The van der Waals surface area contributed by atoms with Crippen LogP contribution in [0.4, 0.5) is 4.39 Å². The van der Waals surface area contributed by atoms with E-state index in [1.165, 1.54) is 6.07 Å². The van der Waals surface area contributed by atoms with Gasteiger partial charge in [-0.15, -0.1) is 0 Å². The first-order valence-corrected chi connectivity index (χ1v) is 10.8. The van der Waals surface area contributed by atoms with E-state index in [-0.39, 0.29) is 11.3 Å². The fourth-order valence-electron chi connectivity index (χ4n) is 4.84. The van der Waals surface area contributed by atoms with Gasteiger partial charge < -0.3 is 4.90 Å². The van der Waals surface area contributed by atoms with Crippen molar-refractivity contribution >= 4 is 27.8 Å². The number of carbonyl (C=O) groups excluding carboxylic acids is 1. The Kier molecular flexibility index (Phi) is 5.03. The molecule has 2 aromatic rings. The number of rotatable bonds is 2. The van der Waals surface area contributed by atoms with Gasteiger partial charge in [-0.3, -0.25) is 4.79 Å². The van der Waals surface area contributed by atoms with Crippen molar-refractivity contribution in [1.29, 1.82) is 10.5 Å². The Hall–Kier alpha value is -2.96. The number of nitriles is 2. The largest absolute Gasteiger partial charge is 0.357 e. The smallest absolute Gasteiger partial charge is 0.177 e. The Morgan fingerprint density at radius 1 is 1.13 bits per heavy atom. The number of Topliss-reactive ketones (excluding diaryl/α,β-unsaturated/α-hetero) is 1. The minimum atomic E-state index is -1.65. The van der Waals surface area contributed by atoms with Crippen molar-refractivity contribution in [3.63, 3.8) is 0 Å². The minimum Gasteiger partial charge on any atom is -0.357 e. The van der Waals surface area contributed by atoms with Gasteiger partial charge in [0.05, 0.1) is 24.2 Å². The van der Waals surface area contributed by atoms with Gasteiger partial charge >= 0.3 is 0 Å². The molecular weight excluding hydrogens is 457 g/mol. The van der Waals surface area contributed by atoms with E-state index in [9.17, 15) is 15.3 Å². The lowest BCUT2D eigenvalue weighted by atomic mass is 9.66. The maximum atomic E-state index is 15.2. The fraction of sp³-hybridized carbons (Fsp3) is 0.320. The summed E-state index contributed by atoms with van der Waals surface area (Å²) >= 11 is 3.27. The molecule has 0 unspecified atom stereocenters. The monoisotopic (exact) mass is 477 g/mol. The van der Waals surface area contributed by atoms with Crippen LogP contribution >= 0.6 is 15.9 Å². The molecule has 2 heterocycles. The predicted molar refractivity (Wildman–Crippen MR) is 119 cm³/mol. The average Bonchev–Trinajstić information content (AvgIpc) is 3.03. The van der Waals surface area contributed by atoms with Crippen LogP contribution in [0.5, 0.6) is 0 Å². The summed E-state index contributed by atoms with van der Waals surface area (Å²) in [5.74, 6) is -1.64. The lowest BCUT2D eigenvalue weighted by Gasteiger charge is -2.36. The van der Waals surface area contributed by atoms with E-state index < -0.39 is 34.6 Å². The van der Waals surface area contributed by atoms with Crippen molar-refractivity contribution in [2.45, 2.75) is 38.8 Å². The maximum Gasteiger partial charge on any atom is 0.177 e. The summed E-state index contributed by atoms with van der Waals surface area (Å²) in [7, 11) is 0. The molecule has 156 valence electrons. The third-order valence-corrected chi connectivity index (χ3v) is 6.74. The predicted octanol–water partition coefficient (Wildman–Crippen LogP) is 5.73. The molecule has 2 aliphatic heterocycles. The molecule has 4 nitrogen and oxygen atoms in total. The topological polar surface area (TPSA) is 67.9 Å². The molecular formula is C25H21BrFN3O. The first-order chi connectivity index (χ1) is 14.7. The van der Waals surface area contributed by atoms with Gasteiger partial charge in [0, 0.05) is 22.0 Å². The molecule has 6 heteroatoms. The molecule has 0 spiro atoms. The van der Waals surface area contributed by atoms with Gasteiger partial charge in [-0.05, 0) is 34.9 Å². The van der Waals surface area contributed by atoms with Crippen molar-refractivity contribution in [3.05, 3.63) is 75.6 Å². The summed E-state index contributed by atoms with van der Waals surface area (Å²) in [5.41, 5.74) is -0.516. The number of fused-ring (bicyclic) bond motifs is 3. The Morgan fingerprint density at radius 2 is 1.81 bits per heavy atom. The van der Waals surface area contributed by atoms with Gasteiger partial charge in [-0.25, -0.2) is 4.39 Å². The molecule has 0 aromatic heterocycles. The third-order valence-electron chi connectivity index (χ3n) is 6.25. The summed E-state index contributed by atoms with van der Waals surface area (Å²) in [5, 5.41) is 20.8. The van der Waals surface area contributed by atoms with E-state index in [0.717, 1.165) is 11.1 Å². The third kappa shape index (κ3) is 3.09. The van der Waals surface area contributed by atoms with Gasteiger partial charge in [0.15, 0.2) is 11.2 Å². The highest BCUT2D eigenvalue weighted by atomic mass is 79.9. The van der Waals surface area contributed by atoms with Crippen LogP contribution in [0.25, 0.3) is 6.08 Å². The SMILES string of the molecule is CC(C)(C)C(=O)[C@@H]1[C@@H](c2ccc(Br)cc2F)C(C#N)(C#N)[C@@H]2c3ccccc3C=CN12. The van der Waals surface area contributed by atoms with Crippen molar-refractivity contribution < 1.29 is 9.18 Å². The zero-order valence-corrected chi connectivity index (χ0v) is 19.0.